The molecule has 1 aromatic heterocycles. The molecule has 1 heterocycles. The number of hydrogen-bond donors (Lipinski definition) is 1. The van der Waals surface area contributed by atoms with E-state index >= 15 is 0 Å². The third kappa shape index (κ3) is 4.54. The van der Waals surface area contributed by atoms with Crippen LogP contribution >= 0.6 is 15.9 Å². The molecule has 0 saturated carbocycles. The minimum absolute atomic E-state index is 0.0499. The normalized spacial score (nSPS) is 10.6. The molecule has 1 amide bonds. The molecule has 5 nitrogen and oxygen atoms in total. The van der Waals surface area contributed by atoms with Gasteiger partial charge in [0, 0.05) is 21.6 Å². The van der Waals surface area contributed by atoms with Crippen molar-refractivity contribution in [3.63, 3.8) is 0 Å². The number of amides is 1. The van der Waals surface area contributed by atoms with Crippen molar-refractivity contribution in [1.29, 1.82) is 0 Å². The average Bonchev–Trinajstić information content (AvgIpc) is 3.01. The molecule has 130 valence electrons. The molecule has 3 rings (SSSR count). The van der Waals surface area contributed by atoms with Crippen molar-refractivity contribution in [1.82, 2.24) is 9.88 Å². The van der Waals surface area contributed by atoms with E-state index in [1.807, 2.05) is 59.3 Å². The number of halogens is 1. The third-order valence-corrected chi connectivity index (χ3v) is 4.27. The summed E-state index contributed by atoms with van der Waals surface area (Å²) in [6.07, 6.45) is 1.90. The lowest BCUT2D eigenvalue weighted by Gasteiger charge is -2.09. The van der Waals surface area contributed by atoms with Gasteiger partial charge in [0.05, 0.1) is 13.7 Å². The lowest BCUT2D eigenvalue weighted by Crippen LogP contribution is -2.31. The molecule has 6 heteroatoms. The predicted octanol–water partition coefficient (Wildman–Crippen LogP) is 3.61. The third-order valence-electron chi connectivity index (χ3n) is 3.78. The molecule has 0 spiro atoms. The van der Waals surface area contributed by atoms with Crippen LogP contribution in [-0.4, -0.2) is 30.7 Å². The molecule has 0 aliphatic heterocycles. The van der Waals surface area contributed by atoms with E-state index in [4.69, 9.17) is 9.47 Å². The maximum absolute atomic E-state index is 12.1. The van der Waals surface area contributed by atoms with Crippen molar-refractivity contribution in [2.75, 3.05) is 20.3 Å². The van der Waals surface area contributed by atoms with Crippen molar-refractivity contribution >= 4 is 32.7 Å². The first kappa shape index (κ1) is 17.4. The Labute approximate surface area is 154 Å². The Balaban J connectivity index is 1.49. The van der Waals surface area contributed by atoms with Crippen LogP contribution in [-0.2, 0) is 11.3 Å². The number of nitrogens with one attached hydrogen (secondary N) is 1. The highest BCUT2D eigenvalue weighted by Crippen LogP contribution is 2.21. The van der Waals surface area contributed by atoms with Gasteiger partial charge in [-0.05, 0) is 42.5 Å². The second-order valence-electron chi connectivity index (χ2n) is 5.52. The van der Waals surface area contributed by atoms with E-state index in [0.717, 1.165) is 26.9 Å². The summed E-state index contributed by atoms with van der Waals surface area (Å²) in [5.74, 6) is 1.53. The number of ether oxygens (including phenoxy) is 2. The van der Waals surface area contributed by atoms with Crippen LogP contribution in [0.5, 0.6) is 11.5 Å². The molecule has 0 saturated heterocycles. The molecule has 0 radical (unpaired) electrons. The van der Waals surface area contributed by atoms with Crippen molar-refractivity contribution in [3.8, 4) is 11.5 Å². The quantitative estimate of drug-likeness (QED) is 0.614. The fourth-order valence-electron chi connectivity index (χ4n) is 2.57. The van der Waals surface area contributed by atoms with Gasteiger partial charge in [-0.15, -0.1) is 0 Å². The van der Waals surface area contributed by atoms with Gasteiger partial charge in [-0.25, -0.2) is 0 Å². The molecule has 0 atom stereocenters. The molecular weight excluding hydrogens is 384 g/mol. The lowest BCUT2D eigenvalue weighted by atomic mass is 10.2. The fourth-order valence-corrected chi connectivity index (χ4v) is 2.95. The molecular formula is C19H19BrN2O3. The van der Waals surface area contributed by atoms with E-state index in [-0.39, 0.29) is 12.5 Å². The Morgan fingerprint density at radius 3 is 2.84 bits per heavy atom. The standard InChI is InChI=1S/C19H19BrN2O3/c1-24-16-5-6-18-14(11-16)7-9-22(18)13-19(23)21-8-10-25-17-4-2-3-15(20)12-17/h2-7,9,11-12H,8,10,13H2,1H3,(H,21,23). The maximum Gasteiger partial charge on any atom is 0.240 e. The molecule has 0 unspecified atom stereocenters. The summed E-state index contributed by atoms with van der Waals surface area (Å²) in [6.45, 7) is 1.15. The SMILES string of the molecule is COc1ccc2c(ccn2CC(=O)NCCOc2cccc(Br)c2)c1. The number of carbonyl (C=O) groups is 1. The van der Waals surface area contributed by atoms with E-state index in [9.17, 15) is 4.79 Å². The molecule has 0 aliphatic rings. The van der Waals surface area contributed by atoms with Gasteiger partial charge in [-0.2, -0.15) is 0 Å². The number of carbonyl (C=O) groups excluding carboxylic acids is 1. The Bertz CT molecular complexity index is 876. The van der Waals surface area contributed by atoms with Crippen molar-refractivity contribution in [2.24, 2.45) is 0 Å². The lowest BCUT2D eigenvalue weighted by molar-refractivity contribution is -0.121. The van der Waals surface area contributed by atoms with Crippen molar-refractivity contribution in [2.45, 2.75) is 6.54 Å². The van der Waals surface area contributed by atoms with Crippen LogP contribution < -0.4 is 14.8 Å². The first-order chi connectivity index (χ1) is 12.2. The van der Waals surface area contributed by atoms with Gasteiger partial charge in [0.15, 0.2) is 0 Å². The smallest absolute Gasteiger partial charge is 0.240 e. The first-order valence-electron chi connectivity index (χ1n) is 7.93. The number of nitrogens with zero attached hydrogens (tertiary/aromatic N) is 1. The van der Waals surface area contributed by atoms with E-state index in [2.05, 4.69) is 21.2 Å². The van der Waals surface area contributed by atoms with Gasteiger partial charge >= 0.3 is 0 Å². The zero-order chi connectivity index (χ0) is 17.6. The van der Waals surface area contributed by atoms with E-state index < -0.39 is 0 Å². The Hall–Kier alpha value is -2.47. The predicted molar refractivity (Wildman–Crippen MR) is 101 cm³/mol. The molecule has 0 aliphatic carbocycles. The zero-order valence-corrected chi connectivity index (χ0v) is 15.5. The second kappa shape index (κ2) is 8.07. The van der Waals surface area contributed by atoms with E-state index in [0.29, 0.717) is 13.2 Å². The largest absolute Gasteiger partial charge is 0.497 e. The Kier molecular flexibility index (Phi) is 5.60. The highest BCUT2D eigenvalue weighted by molar-refractivity contribution is 9.10. The minimum atomic E-state index is -0.0499. The highest BCUT2D eigenvalue weighted by atomic mass is 79.9. The summed E-state index contributed by atoms with van der Waals surface area (Å²) >= 11 is 3.40. The average molecular weight is 403 g/mol. The molecule has 3 aromatic rings. The summed E-state index contributed by atoms with van der Waals surface area (Å²) in [5, 5.41) is 3.92. The van der Waals surface area contributed by atoms with E-state index in [1.165, 1.54) is 0 Å². The number of methoxy groups -OCH3 is 1. The van der Waals surface area contributed by atoms with Crippen LogP contribution in [0, 0.1) is 0 Å². The van der Waals surface area contributed by atoms with Crippen LogP contribution in [0.25, 0.3) is 10.9 Å². The first-order valence-corrected chi connectivity index (χ1v) is 8.73. The molecule has 1 N–H and O–H groups in total. The second-order valence-corrected chi connectivity index (χ2v) is 6.44. The molecule has 2 aromatic carbocycles. The zero-order valence-electron chi connectivity index (χ0n) is 13.9. The summed E-state index contributed by atoms with van der Waals surface area (Å²) in [7, 11) is 1.64. The van der Waals surface area contributed by atoms with E-state index in [1.54, 1.807) is 7.11 Å². The van der Waals surface area contributed by atoms with Gasteiger partial charge in [0.2, 0.25) is 5.91 Å². The number of rotatable bonds is 7. The highest BCUT2D eigenvalue weighted by Gasteiger charge is 2.07. The van der Waals surface area contributed by atoms with Crippen LogP contribution in [0.15, 0.2) is 59.2 Å². The van der Waals surface area contributed by atoms with Crippen LogP contribution in [0.3, 0.4) is 0 Å². The fraction of sp³-hybridized carbons (Fsp3) is 0.211. The summed E-state index contributed by atoms with van der Waals surface area (Å²) < 4.78 is 13.7. The summed E-state index contributed by atoms with van der Waals surface area (Å²) in [5.41, 5.74) is 1.00. The van der Waals surface area contributed by atoms with Crippen LogP contribution in [0.2, 0.25) is 0 Å². The topological polar surface area (TPSA) is 52.5 Å². The van der Waals surface area contributed by atoms with Gasteiger partial charge in [0.25, 0.3) is 0 Å². The minimum Gasteiger partial charge on any atom is -0.497 e. The van der Waals surface area contributed by atoms with Gasteiger partial charge < -0.3 is 19.4 Å². The summed E-state index contributed by atoms with van der Waals surface area (Å²) in [4.78, 5) is 12.1. The number of benzene rings is 2. The monoisotopic (exact) mass is 402 g/mol. The van der Waals surface area contributed by atoms with Crippen molar-refractivity contribution < 1.29 is 14.3 Å². The van der Waals surface area contributed by atoms with Gasteiger partial charge in [0.1, 0.15) is 24.7 Å². The number of aromatic nitrogens is 1. The molecule has 0 bridgehead atoms. The van der Waals surface area contributed by atoms with Gasteiger partial charge in [-0.1, -0.05) is 22.0 Å². The Morgan fingerprint density at radius 1 is 1.16 bits per heavy atom. The maximum atomic E-state index is 12.1. The molecule has 25 heavy (non-hydrogen) atoms. The number of fused-ring (bicyclic) bond motifs is 1. The van der Waals surface area contributed by atoms with Gasteiger partial charge in [-0.3, -0.25) is 4.79 Å². The number of hydrogen-bond acceptors (Lipinski definition) is 3. The van der Waals surface area contributed by atoms with Crippen LogP contribution in [0.4, 0.5) is 0 Å². The van der Waals surface area contributed by atoms with Crippen molar-refractivity contribution in [3.05, 3.63) is 59.2 Å². The Morgan fingerprint density at radius 2 is 2.04 bits per heavy atom. The molecule has 0 fully saturated rings. The summed E-state index contributed by atoms with van der Waals surface area (Å²) in [6, 6.07) is 15.4. The van der Waals surface area contributed by atoms with Crippen LogP contribution in [0.1, 0.15) is 0 Å².